The Morgan fingerprint density at radius 3 is 2.82 bits per heavy atom. The second kappa shape index (κ2) is 4.92. The molecule has 0 radical (unpaired) electrons. The summed E-state index contributed by atoms with van der Waals surface area (Å²) in [5.41, 5.74) is 0.709. The molecule has 17 heavy (non-hydrogen) atoms. The van der Waals surface area contributed by atoms with Gasteiger partial charge in [0.05, 0.1) is 5.02 Å². The zero-order valence-electron chi connectivity index (χ0n) is 10.00. The van der Waals surface area contributed by atoms with E-state index in [-0.39, 0.29) is 11.7 Å². The topological polar surface area (TPSA) is 30.2 Å². The summed E-state index contributed by atoms with van der Waals surface area (Å²) in [4.78, 5) is 11.5. The normalized spacial score (nSPS) is 11.3. The number of carbonyl (C=O) groups excluding carboxylic acids is 1. The maximum Gasteiger partial charge on any atom is 0.152 e. The second-order valence-corrected chi connectivity index (χ2v) is 4.90. The van der Waals surface area contributed by atoms with Crippen LogP contribution in [0.5, 0.6) is 0 Å². The summed E-state index contributed by atoms with van der Waals surface area (Å²) < 4.78 is 5.64. The molecule has 0 atom stereocenters. The maximum atomic E-state index is 11.5. The molecule has 0 aliphatic heterocycles. The van der Waals surface area contributed by atoms with Crippen molar-refractivity contribution >= 4 is 28.4 Å². The first-order chi connectivity index (χ1) is 8.08. The molecular weight excluding hydrogens is 236 g/mol. The Hall–Kier alpha value is -1.28. The fourth-order valence-corrected chi connectivity index (χ4v) is 1.96. The molecule has 2 aromatic rings. The van der Waals surface area contributed by atoms with Crippen molar-refractivity contribution in [1.29, 1.82) is 0 Å². The zero-order chi connectivity index (χ0) is 12.4. The third-order valence-corrected chi connectivity index (χ3v) is 3.11. The molecule has 0 saturated carbocycles. The number of hydrogen-bond acceptors (Lipinski definition) is 2. The average molecular weight is 251 g/mol. The van der Waals surface area contributed by atoms with Crippen molar-refractivity contribution in [1.82, 2.24) is 0 Å². The number of para-hydroxylation sites is 1. The van der Waals surface area contributed by atoms with Crippen LogP contribution < -0.4 is 0 Å². The minimum Gasteiger partial charge on any atom is -0.459 e. The number of carbonyl (C=O) groups is 1. The quantitative estimate of drug-likeness (QED) is 0.812. The average Bonchev–Trinajstić information content (AvgIpc) is 2.70. The highest BCUT2D eigenvalue weighted by atomic mass is 35.5. The molecule has 0 saturated heterocycles. The van der Waals surface area contributed by atoms with Gasteiger partial charge in [0.25, 0.3) is 0 Å². The van der Waals surface area contributed by atoms with Gasteiger partial charge in [-0.2, -0.15) is 0 Å². The molecule has 90 valence electrons. The van der Waals surface area contributed by atoms with Crippen LogP contribution in [0.4, 0.5) is 0 Å². The Morgan fingerprint density at radius 1 is 1.41 bits per heavy atom. The van der Waals surface area contributed by atoms with Crippen LogP contribution >= 0.6 is 11.6 Å². The van der Waals surface area contributed by atoms with Crippen molar-refractivity contribution in [3.05, 3.63) is 35.0 Å². The molecule has 1 aromatic heterocycles. The molecule has 2 nitrogen and oxygen atoms in total. The lowest BCUT2D eigenvalue weighted by molar-refractivity contribution is -0.121. The van der Waals surface area contributed by atoms with E-state index in [1.165, 1.54) is 0 Å². The fraction of sp³-hybridized carbons (Fsp3) is 0.357. The number of fused-ring (bicyclic) bond motifs is 1. The molecule has 1 aromatic carbocycles. The molecule has 0 aliphatic rings. The number of rotatable bonds is 4. The number of ketones is 1. The first-order valence-corrected chi connectivity index (χ1v) is 6.15. The van der Waals surface area contributed by atoms with Crippen molar-refractivity contribution in [3.63, 3.8) is 0 Å². The summed E-state index contributed by atoms with van der Waals surface area (Å²) in [7, 11) is 0. The number of aryl methyl sites for hydroxylation is 1. The van der Waals surface area contributed by atoms with Gasteiger partial charge in [-0.1, -0.05) is 37.6 Å². The molecular formula is C14H15ClO2. The molecule has 0 N–H and O–H groups in total. The van der Waals surface area contributed by atoms with Crippen molar-refractivity contribution in [2.75, 3.05) is 0 Å². The van der Waals surface area contributed by atoms with Crippen LogP contribution in [0.15, 0.2) is 28.7 Å². The van der Waals surface area contributed by atoms with Crippen molar-refractivity contribution in [2.45, 2.75) is 26.7 Å². The predicted molar refractivity (Wildman–Crippen MR) is 69.4 cm³/mol. The third kappa shape index (κ3) is 2.70. The van der Waals surface area contributed by atoms with Gasteiger partial charge >= 0.3 is 0 Å². The van der Waals surface area contributed by atoms with Gasteiger partial charge in [-0.15, -0.1) is 0 Å². The Morgan fingerprint density at radius 2 is 2.18 bits per heavy atom. The fourth-order valence-electron chi connectivity index (χ4n) is 1.74. The molecule has 1 heterocycles. The van der Waals surface area contributed by atoms with Crippen molar-refractivity contribution in [3.8, 4) is 0 Å². The van der Waals surface area contributed by atoms with Crippen molar-refractivity contribution in [2.24, 2.45) is 5.92 Å². The smallest absolute Gasteiger partial charge is 0.152 e. The summed E-state index contributed by atoms with van der Waals surface area (Å²) in [5, 5.41) is 1.61. The van der Waals surface area contributed by atoms with Crippen molar-refractivity contribution < 1.29 is 9.21 Å². The van der Waals surface area contributed by atoms with E-state index in [1.54, 1.807) is 6.07 Å². The minimum atomic E-state index is 0.0861. The molecule has 0 fully saturated rings. The van der Waals surface area contributed by atoms with Crippen LogP contribution in [0.2, 0.25) is 5.02 Å². The monoisotopic (exact) mass is 250 g/mol. The SMILES string of the molecule is CC(C)C(=O)CCc1cc2cccc(Cl)c2o1. The van der Waals surface area contributed by atoms with Crippen LogP contribution in [0, 0.1) is 5.92 Å². The van der Waals surface area contributed by atoms with E-state index in [1.807, 2.05) is 32.0 Å². The molecule has 0 aliphatic carbocycles. The second-order valence-electron chi connectivity index (χ2n) is 4.49. The van der Waals surface area contributed by atoms with Gasteiger partial charge in [0.1, 0.15) is 11.5 Å². The number of Topliss-reactive ketones (excluding diaryl/α,β-unsaturated/α-hetero) is 1. The zero-order valence-corrected chi connectivity index (χ0v) is 10.8. The molecule has 0 bridgehead atoms. The summed E-state index contributed by atoms with van der Waals surface area (Å²) in [6.07, 6.45) is 1.16. The van der Waals surface area contributed by atoms with Gasteiger partial charge in [0.15, 0.2) is 5.58 Å². The van der Waals surface area contributed by atoms with Crippen LogP contribution in [0.3, 0.4) is 0 Å². The van der Waals surface area contributed by atoms with Crippen LogP contribution in [-0.4, -0.2) is 5.78 Å². The van der Waals surface area contributed by atoms with Crippen LogP contribution in [-0.2, 0) is 11.2 Å². The predicted octanol–water partition coefficient (Wildman–Crippen LogP) is 4.24. The standard InChI is InChI=1S/C14H15ClO2/c1-9(2)13(16)7-6-11-8-10-4-3-5-12(15)14(10)17-11/h3-5,8-9H,6-7H2,1-2H3. The molecule has 0 amide bonds. The van der Waals surface area contributed by atoms with E-state index in [0.717, 1.165) is 11.1 Å². The Kier molecular flexibility index (Phi) is 3.53. The van der Waals surface area contributed by atoms with Crippen LogP contribution in [0.25, 0.3) is 11.0 Å². The van der Waals surface area contributed by atoms with E-state index in [4.69, 9.17) is 16.0 Å². The Balaban J connectivity index is 2.15. The number of benzene rings is 1. The lowest BCUT2D eigenvalue weighted by Crippen LogP contribution is -2.07. The highest BCUT2D eigenvalue weighted by molar-refractivity contribution is 6.34. The molecule has 3 heteroatoms. The molecule has 2 rings (SSSR count). The van der Waals surface area contributed by atoms with Gasteiger partial charge < -0.3 is 4.42 Å². The minimum absolute atomic E-state index is 0.0861. The van der Waals surface area contributed by atoms with Gasteiger partial charge in [0, 0.05) is 24.1 Å². The Bertz CT molecular complexity index is 540. The molecule has 0 unspecified atom stereocenters. The highest BCUT2D eigenvalue weighted by Crippen LogP contribution is 2.27. The van der Waals surface area contributed by atoms with Gasteiger partial charge in [-0.05, 0) is 12.1 Å². The number of hydrogen-bond donors (Lipinski definition) is 0. The summed E-state index contributed by atoms with van der Waals surface area (Å²) >= 11 is 6.02. The Labute approximate surface area is 106 Å². The number of halogens is 1. The van der Waals surface area contributed by atoms with Gasteiger partial charge in [-0.3, -0.25) is 4.79 Å². The summed E-state index contributed by atoms with van der Waals surface area (Å²) in [6.45, 7) is 3.83. The van der Waals surface area contributed by atoms with E-state index >= 15 is 0 Å². The number of furan rings is 1. The van der Waals surface area contributed by atoms with Gasteiger partial charge in [0.2, 0.25) is 0 Å². The molecule has 0 spiro atoms. The van der Waals surface area contributed by atoms with Crippen LogP contribution in [0.1, 0.15) is 26.0 Å². The van der Waals surface area contributed by atoms with Gasteiger partial charge in [-0.25, -0.2) is 0 Å². The highest BCUT2D eigenvalue weighted by Gasteiger charge is 2.11. The lowest BCUT2D eigenvalue weighted by Gasteiger charge is -2.01. The first kappa shape index (κ1) is 12.2. The summed E-state index contributed by atoms with van der Waals surface area (Å²) in [6, 6.07) is 7.60. The largest absolute Gasteiger partial charge is 0.459 e. The first-order valence-electron chi connectivity index (χ1n) is 5.77. The van der Waals surface area contributed by atoms with E-state index in [9.17, 15) is 4.79 Å². The van der Waals surface area contributed by atoms with E-state index in [2.05, 4.69) is 0 Å². The third-order valence-electron chi connectivity index (χ3n) is 2.81. The van der Waals surface area contributed by atoms with E-state index < -0.39 is 0 Å². The maximum absolute atomic E-state index is 11.5. The van der Waals surface area contributed by atoms with E-state index in [0.29, 0.717) is 23.4 Å². The summed E-state index contributed by atoms with van der Waals surface area (Å²) in [5.74, 6) is 1.17. The lowest BCUT2D eigenvalue weighted by atomic mass is 10.0.